The first-order chi connectivity index (χ1) is 2.21. The monoisotopic (exact) mass is 104 g/mol. The van der Waals surface area contributed by atoms with E-state index in [2.05, 4.69) is 9.24 Å². The first-order valence-electron chi connectivity index (χ1n) is 2.00. The summed E-state index contributed by atoms with van der Waals surface area (Å²) in [7, 11) is 4.27. The molecule has 1 aliphatic rings. The third-order valence-corrected chi connectivity index (χ3v) is 2.62. The van der Waals surface area contributed by atoms with E-state index in [-0.39, 0.29) is 0 Å². The van der Waals surface area contributed by atoms with E-state index in [0.29, 0.717) is 0 Å². The van der Waals surface area contributed by atoms with Crippen molar-refractivity contribution in [2.75, 3.05) is 0 Å². The fourth-order valence-corrected chi connectivity index (χ4v) is 0.592. The molecule has 0 nitrogen and oxygen atoms in total. The van der Waals surface area contributed by atoms with Crippen LogP contribution in [0.3, 0.4) is 0 Å². The Labute approximate surface area is 38.0 Å². The van der Waals surface area contributed by atoms with Gasteiger partial charge in [0.1, 0.15) is 0 Å². The van der Waals surface area contributed by atoms with Gasteiger partial charge in [0, 0.05) is 10.2 Å². The predicted molar refractivity (Wildman–Crippen MR) is 31.6 cm³/mol. The Kier molecular flexibility index (Phi) is 0.632. The standard InChI is InChI=1S/C3H9PSi/c4-3(5)1-2-3/h1-2,4H2,5H3. The minimum absolute atomic E-state index is 0.806. The van der Waals surface area contributed by atoms with Gasteiger partial charge < -0.3 is 0 Å². The molecule has 30 valence electrons. The molecule has 0 radical (unpaired) electrons. The summed E-state index contributed by atoms with van der Waals surface area (Å²) in [5.41, 5.74) is 0. The van der Waals surface area contributed by atoms with E-state index < -0.39 is 0 Å². The van der Waals surface area contributed by atoms with Crippen LogP contribution in [-0.2, 0) is 0 Å². The van der Waals surface area contributed by atoms with Gasteiger partial charge in [0.05, 0.1) is 0 Å². The smallest absolute Gasteiger partial charge is 0.0154 e. The van der Waals surface area contributed by atoms with Crippen molar-refractivity contribution in [1.29, 1.82) is 0 Å². The Morgan fingerprint density at radius 1 is 1.60 bits per heavy atom. The molecule has 0 N–H and O–H groups in total. The normalized spacial score (nSPS) is 30.6. The minimum Gasteiger partial charge on any atom is -0.135 e. The lowest BCUT2D eigenvalue weighted by molar-refractivity contribution is 1.38. The zero-order valence-electron chi connectivity index (χ0n) is 3.49. The molecule has 0 bridgehead atoms. The summed E-state index contributed by atoms with van der Waals surface area (Å²) in [5, 5.41) is 0. The summed E-state index contributed by atoms with van der Waals surface area (Å²) in [6.07, 6.45) is 2.95. The third-order valence-electron chi connectivity index (χ3n) is 1.04. The van der Waals surface area contributed by atoms with Crippen molar-refractivity contribution in [2.24, 2.45) is 0 Å². The molecule has 1 fully saturated rings. The maximum Gasteiger partial charge on any atom is 0.0154 e. The van der Waals surface area contributed by atoms with Crippen LogP contribution < -0.4 is 0 Å². The van der Waals surface area contributed by atoms with E-state index in [1.165, 1.54) is 23.1 Å². The average molecular weight is 104 g/mol. The zero-order valence-corrected chi connectivity index (χ0v) is 6.65. The molecule has 0 amide bonds. The van der Waals surface area contributed by atoms with E-state index in [1.807, 2.05) is 0 Å². The van der Waals surface area contributed by atoms with E-state index in [1.54, 1.807) is 0 Å². The lowest BCUT2D eigenvalue weighted by Crippen LogP contribution is -1.89. The van der Waals surface area contributed by atoms with Crippen LogP contribution in [0.5, 0.6) is 0 Å². The third kappa shape index (κ3) is 1.02. The first kappa shape index (κ1) is 3.82. The highest BCUT2D eigenvalue weighted by Gasteiger charge is 2.30. The van der Waals surface area contributed by atoms with Crippen LogP contribution in [0.25, 0.3) is 0 Å². The summed E-state index contributed by atoms with van der Waals surface area (Å²) in [6.45, 7) is 0. The van der Waals surface area contributed by atoms with Gasteiger partial charge in [0.2, 0.25) is 0 Å². The second-order valence-corrected chi connectivity index (χ2v) is 6.69. The zero-order chi connectivity index (χ0) is 3.91. The highest BCUT2D eigenvalue weighted by atomic mass is 31.0. The molecule has 1 unspecified atom stereocenters. The van der Waals surface area contributed by atoms with Crippen molar-refractivity contribution >= 4 is 19.5 Å². The molecule has 0 aromatic carbocycles. The van der Waals surface area contributed by atoms with E-state index >= 15 is 0 Å². The topological polar surface area (TPSA) is 0 Å². The largest absolute Gasteiger partial charge is 0.135 e. The van der Waals surface area contributed by atoms with Crippen LogP contribution >= 0.6 is 9.24 Å². The molecule has 0 aliphatic heterocycles. The summed E-state index contributed by atoms with van der Waals surface area (Å²) < 4.78 is 0.806. The quantitative estimate of drug-likeness (QED) is 0.293. The van der Waals surface area contributed by atoms with Crippen molar-refractivity contribution in [3.8, 4) is 0 Å². The Bertz CT molecular complexity index is 44.9. The second kappa shape index (κ2) is 0.827. The van der Waals surface area contributed by atoms with Gasteiger partial charge >= 0.3 is 0 Å². The van der Waals surface area contributed by atoms with Crippen LogP contribution in [0, 0.1) is 0 Å². The molecule has 0 saturated heterocycles. The Morgan fingerprint density at radius 2 is 1.80 bits per heavy atom. The van der Waals surface area contributed by atoms with E-state index in [9.17, 15) is 0 Å². The summed E-state index contributed by atoms with van der Waals surface area (Å²) in [5.74, 6) is 0. The Balaban J connectivity index is 2.38. The SMILES string of the molecule is [SiH3]C1(P)CC1. The Hall–Kier alpha value is 0.647. The van der Waals surface area contributed by atoms with Gasteiger partial charge in [-0.15, -0.1) is 9.24 Å². The fourth-order valence-electron chi connectivity index (χ4n) is 0.197. The van der Waals surface area contributed by atoms with E-state index in [4.69, 9.17) is 0 Å². The van der Waals surface area contributed by atoms with Gasteiger partial charge in [0.15, 0.2) is 0 Å². The molecule has 0 heterocycles. The van der Waals surface area contributed by atoms with Crippen molar-refractivity contribution in [1.82, 2.24) is 0 Å². The maximum absolute atomic E-state index is 2.89. The van der Waals surface area contributed by atoms with Gasteiger partial charge in [0.25, 0.3) is 0 Å². The summed E-state index contributed by atoms with van der Waals surface area (Å²) in [4.78, 5) is 0. The van der Waals surface area contributed by atoms with Crippen LogP contribution in [0.4, 0.5) is 0 Å². The van der Waals surface area contributed by atoms with Crippen molar-refractivity contribution in [2.45, 2.75) is 17.6 Å². The highest BCUT2D eigenvalue weighted by Crippen LogP contribution is 2.40. The number of rotatable bonds is 0. The molecular formula is C3H9PSi. The number of hydrogen-bond acceptors (Lipinski definition) is 0. The molecule has 0 aromatic rings. The van der Waals surface area contributed by atoms with Crippen LogP contribution in [-0.4, -0.2) is 15.0 Å². The molecule has 1 atom stereocenters. The summed E-state index contributed by atoms with van der Waals surface area (Å²) in [6, 6.07) is 0. The van der Waals surface area contributed by atoms with Crippen molar-refractivity contribution < 1.29 is 0 Å². The molecule has 0 aromatic heterocycles. The number of hydrogen-bond donors (Lipinski definition) is 0. The molecule has 1 saturated carbocycles. The second-order valence-electron chi connectivity index (χ2n) is 2.15. The van der Waals surface area contributed by atoms with Crippen LogP contribution in [0.1, 0.15) is 12.8 Å². The van der Waals surface area contributed by atoms with Gasteiger partial charge in [-0.2, -0.15) is 0 Å². The predicted octanol–water partition coefficient (Wildman–Crippen LogP) is -0.283. The van der Waals surface area contributed by atoms with Crippen molar-refractivity contribution in [3.63, 3.8) is 0 Å². The fraction of sp³-hybridized carbons (Fsp3) is 1.00. The molecule has 2 heteroatoms. The molecule has 0 spiro atoms. The van der Waals surface area contributed by atoms with Crippen LogP contribution in [0.15, 0.2) is 0 Å². The molecule has 1 aliphatic carbocycles. The Morgan fingerprint density at radius 3 is 1.80 bits per heavy atom. The summed E-state index contributed by atoms with van der Waals surface area (Å²) >= 11 is 0. The van der Waals surface area contributed by atoms with Gasteiger partial charge in [-0.25, -0.2) is 0 Å². The highest BCUT2D eigenvalue weighted by molar-refractivity contribution is 7.23. The lowest BCUT2D eigenvalue weighted by atomic mass is 10.9. The first-order valence-corrected chi connectivity index (χ1v) is 3.57. The molecule has 5 heavy (non-hydrogen) atoms. The van der Waals surface area contributed by atoms with Crippen molar-refractivity contribution in [3.05, 3.63) is 0 Å². The van der Waals surface area contributed by atoms with Crippen LogP contribution in [0.2, 0.25) is 0 Å². The average Bonchev–Trinajstić information content (AvgIpc) is 1.76. The lowest BCUT2D eigenvalue weighted by Gasteiger charge is -1.86. The van der Waals surface area contributed by atoms with E-state index in [0.717, 1.165) is 4.78 Å². The van der Waals surface area contributed by atoms with Gasteiger partial charge in [-0.3, -0.25) is 0 Å². The van der Waals surface area contributed by atoms with Gasteiger partial charge in [-0.05, 0) is 17.6 Å². The van der Waals surface area contributed by atoms with Gasteiger partial charge in [-0.1, -0.05) is 0 Å². The minimum atomic E-state index is 0.806. The maximum atomic E-state index is 2.89. The molecular weight excluding hydrogens is 95.1 g/mol. The molecule has 1 rings (SSSR count).